The molecule has 0 amide bonds. The van der Waals surface area contributed by atoms with E-state index in [9.17, 15) is 4.39 Å². The summed E-state index contributed by atoms with van der Waals surface area (Å²) in [5.41, 5.74) is 3.80. The van der Waals surface area contributed by atoms with E-state index in [1.54, 1.807) is 13.0 Å². The largest absolute Gasteiger partial charge is 0.396 e. The lowest BCUT2D eigenvalue weighted by Gasteiger charge is -2.06. The Bertz CT molecular complexity index is 520. The molecule has 0 aliphatic carbocycles. The maximum absolute atomic E-state index is 13.2. The van der Waals surface area contributed by atoms with E-state index in [4.69, 9.17) is 5.11 Å². The Hall–Kier alpha value is -1.67. The summed E-state index contributed by atoms with van der Waals surface area (Å²) in [7, 11) is 0. The molecule has 2 aromatic rings. The highest BCUT2D eigenvalue weighted by atomic mass is 19.1. The summed E-state index contributed by atoms with van der Waals surface area (Å²) in [6.45, 7) is 1.91. The zero-order chi connectivity index (χ0) is 12.3. The van der Waals surface area contributed by atoms with Gasteiger partial charge in [-0.3, -0.25) is 0 Å². The van der Waals surface area contributed by atoms with Gasteiger partial charge in [0.25, 0.3) is 0 Å². The first-order valence-corrected chi connectivity index (χ1v) is 5.67. The van der Waals surface area contributed by atoms with Crippen molar-refractivity contribution in [1.29, 1.82) is 0 Å². The standard InChI is InChI=1S/C15H15FO/c1-11-9-14(5-6-15(11)16)13-4-2-3-12(10-13)7-8-17/h2-6,9-10,17H,7-8H2,1H3. The van der Waals surface area contributed by atoms with Gasteiger partial charge in [-0.05, 0) is 47.7 Å². The summed E-state index contributed by atoms with van der Waals surface area (Å²) < 4.78 is 13.2. The molecule has 0 heterocycles. The van der Waals surface area contributed by atoms with Crippen LogP contribution in [0.1, 0.15) is 11.1 Å². The molecule has 1 N–H and O–H groups in total. The van der Waals surface area contributed by atoms with Crippen LogP contribution in [0, 0.1) is 12.7 Å². The molecule has 0 bridgehead atoms. The summed E-state index contributed by atoms with van der Waals surface area (Å²) in [5.74, 6) is -0.180. The van der Waals surface area contributed by atoms with Gasteiger partial charge >= 0.3 is 0 Å². The van der Waals surface area contributed by atoms with Gasteiger partial charge in [-0.25, -0.2) is 4.39 Å². The van der Waals surface area contributed by atoms with Crippen molar-refractivity contribution < 1.29 is 9.50 Å². The van der Waals surface area contributed by atoms with Gasteiger partial charge < -0.3 is 5.11 Å². The molecule has 0 aliphatic heterocycles. The Labute approximate surface area is 101 Å². The first-order chi connectivity index (χ1) is 8.20. The maximum Gasteiger partial charge on any atom is 0.126 e. The van der Waals surface area contributed by atoms with Crippen LogP contribution in [-0.4, -0.2) is 11.7 Å². The quantitative estimate of drug-likeness (QED) is 0.857. The van der Waals surface area contributed by atoms with E-state index in [1.165, 1.54) is 6.07 Å². The van der Waals surface area contributed by atoms with Gasteiger partial charge in [0.1, 0.15) is 5.82 Å². The Morgan fingerprint density at radius 3 is 2.53 bits per heavy atom. The summed E-state index contributed by atoms with van der Waals surface area (Å²) in [6.07, 6.45) is 0.647. The second kappa shape index (κ2) is 5.11. The normalized spacial score (nSPS) is 10.5. The first kappa shape index (κ1) is 11.8. The molecular formula is C15H15FO. The summed E-state index contributed by atoms with van der Waals surface area (Å²) >= 11 is 0. The maximum atomic E-state index is 13.2. The van der Waals surface area contributed by atoms with Crippen LogP contribution in [0.4, 0.5) is 4.39 Å². The van der Waals surface area contributed by atoms with Gasteiger partial charge in [0.2, 0.25) is 0 Å². The molecule has 0 saturated heterocycles. The lowest BCUT2D eigenvalue weighted by Crippen LogP contribution is -1.91. The van der Waals surface area contributed by atoms with Crippen LogP contribution in [0.5, 0.6) is 0 Å². The van der Waals surface area contributed by atoms with Crippen molar-refractivity contribution in [3.63, 3.8) is 0 Å². The molecule has 0 saturated carbocycles. The molecule has 0 fully saturated rings. The molecular weight excluding hydrogens is 215 g/mol. The van der Waals surface area contributed by atoms with Crippen LogP contribution in [0.25, 0.3) is 11.1 Å². The number of aryl methyl sites for hydroxylation is 1. The third-order valence-electron chi connectivity index (χ3n) is 2.82. The van der Waals surface area contributed by atoms with E-state index in [0.29, 0.717) is 12.0 Å². The molecule has 0 aliphatic rings. The van der Waals surface area contributed by atoms with Gasteiger partial charge in [-0.15, -0.1) is 0 Å². The van der Waals surface area contributed by atoms with Crippen LogP contribution < -0.4 is 0 Å². The van der Waals surface area contributed by atoms with E-state index in [0.717, 1.165) is 16.7 Å². The summed E-state index contributed by atoms with van der Waals surface area (Å²) in [6, 6.07) is 13.1. The minimum atomic E-state index is -0.180. The molecule has 0 aromatic heterocycles. The van der Waals surface area contributed by atoms with Crippen LogP contribution in [0.15, 0.2) is 42.5 Å². The van der Waals surface area contributed by atoms with Crippen molar-refractivity contribution in [2.45, 2.75) is 13.3 Å². The van der Waals surface area contributed by atoms with Crippen LogP contribution in [0.2, 0.25) is 0 Å². The average molecular weight is 230 g/mol. The topological polar surface area (TPSA) is 20.2 Å². The van der Waals surface area contributed by atoms with E-state index >= 15 is 0 Å². The summed E-state index contributed by atoms with van der Waals surface area (Å²) in [5, 5.41) is 8.91. The van der Waals surface area contributed by atoms with Gasteiger partial charge in [-0.2, -0.15) is 0 Å². The van der Waals surface area contributed by atoms with Gasteiger partial charge in [-0.1, -0.05) is 30.3 Å². The van der Waals surface area contributed by atoms with Crippen LogP contribution in [0.3, 0.4) is 0 Å². The van der Waals surface area contributed by atoms with Gasteiger partial charge in [0.05, 0.1) is 0 Å². The molecule has 0 atom stereocenters. The number of aliphatic hydroxyl groups is 1. The zero-order valence-corrected chi connectivity index (χ0v) is 9.78. The Balaban J connectivity index is 2.38. The fraction of sp³-hybridized carbons (Fsp3) is 0.200. The minimum Gasteiger partial charge on any atom is -0.396 e. The van der Waals surface area contributed by atoms with E-state index in [1.807, 2.05) is 30.3 Å². The van der Waals surface area contributed by atoms with E-state index < -0.39 is 0 Å². The van der Waals surface area contributed by atoms with E-state index in [-0.39, 0.29) is 12.4 Å². The second-order valence-corrected chi connectivity index (χ2v) is 4.14. The molecule has 0 radical (unpaired) electrons. The monoisotopic (exact) mass is 230 g/mol. The number of benzene rings is 2. The first-order valence-electron chi connectivity index (χ1n) is 5.67. The molecule has 2 rings (SSSR count). The second-order valence-electron chi connectivity index (χ2n) is 4.14. The lowest BCUT2D eigenvalue weighted by molar-refractivity contribution is 0.299. The zero-order valence-electron chi connectivity index (χ0n) is 9.78. The highest BCUT2D eigenvalue weighted by molar-refractivity contribution is 5.65. The average Bonchev–Trinajstić information content (AvgIpc) is 2.33. The fourth-order valence-corrected chi connectivity index (χ4v) is 1.86. The molecule has 0 spiro atoms. The number of hydrogen-bond donors (Lipinski definition) is 1. The van der Waals surface area contributed by atoms with Crippen molar-refractivity contribution in [2.75, 3.05) is 6.61 Å². The molecule has 88 valence electrons. The number of hydrogen-bond acceptors (Lipinski definition) is 1. The number of aliphatic hydroxyl groups excluding tert-OH is 1. The van der Waals surface area contributed by atoms with Crippen LogP contribution in [-0.2, 0) is 6.42 Å². The third-order valence-corrected chi connectivity index (χ3v) is 2.82. The SMILES string of the molecule is Cc1cc(-c2cccc(CCO)c2)ccc1F. The number of halogens is 1. The van der Waals surface area contributed by atoms with Crippen LogP contribution >= 0.6 is 0 Å². The smallest absolute Gasteiger partial charge is 0.126 e. The highest BCUT2D eigenvalue weighted by Crippen LogP contribution is 2.22. The van der Waals surface area contributed by atoms with Gasteiger partial charge in [0.15, 0.2) is 0 Å². The molecule has 2 heteroatoms. The van der Waals surface area contributed by atoms with Crippen molar-refractivity contribution in [1.82, 2.24) is 0 Å². The predicted octanol–water partition coefficient (Wildman–Crippen LogP) is 3.34. The van der Waals surface area contributed by atoms with E-state index in [2.05, 4.69) is 0 Å². The molecule has 1 nitrogen and oxygen atoms in total. The van der Waals surface area contributed by atoms with Gasteiger partial charge in [0, 0.05) is 6.61 Å². The highest BCUT2D eigenvalue weighted by Gasteiger charge is 2.02. The Kier molecular flexibility index (Phi) is 3.55. The molecule has 2 aromatic carbocycles. The Morgan fingerprint density at radius 1 is 1.06 bits per heavy atom. The van der Waals surface area contributed by atoms with Crippen molar-refractivity contribution in [3.8, 4) is 11.1 Å². The Morgan fingerprint density at radius 2 is 1.82 bits per heavy atom. The van der Waals surface area contributed by atoms with Crippen molar-refractivity contribution >= 4 is 0 Å². The predicted molar refractivity (Wildman–Crippen MR) is 67.4 cm³/mol. The lowest BCUT2D eigenvalue weighted by atomic mass is 10.0. The third kappa shape index (κ3) is 2.71. The fourth-order valence-electron chi connectivity index (χ4n) is 1.86. The van der Waals surface area contributed by atoms with Crippen molar-refractivity contribution in [2.24, 2.45) is 0 Å². The summed E-state index contributed by atoms with van der Waals surface area (Å²) in [4.78, 5) is 0. The molecule has 17 heavy (non-hydrogen) atoms. The number of rotatable bonds is 3. The van der Waals surface area contributed by atoms with Crippen molar-refractivity contribution in [3.05, 3.63) is 59.4 Å². The minimum absolute atomic E-state index is 0.145. The molecule has 0 unspecified atom stereocenters.